The van der Waals surface area contributed by atoms with Gasteiger partial charge in [-0.25, -0.2) is 0 Å². The number of furan rings is 1. The van der Waals surface area contributed by atoms with Crippen LogP contribution in [0.1, 0.15) is 30.0 Å². The van der Waals surface area contributed by atoms with Crippen molar-refractivity contribution in [2.45, 2.75) is 20.4 Å². The van der Waals surface area contributed by atoms with Gasteiger partial charge in [0.2, 0.25) is 5.91 Å². The number of benzene rings is 1. The summed E-state index contributed by atoms with van der Waals surface area (Å²) in [7, 11) is 0. The predicted molar refractivity (Wildman–Crippen MR) is 93.3 cm³/mol. The van der Waals surface area contributed by atoms with E-state index in [2.05, 4.69) is 10.6 Å². The average Bonchev–Trinajstić information content (AvgIpc) is 2.94. The Kier molecular flexibility index (Phi) is 4.54. The largest absolute Gasteiger partial charge is 0.481 e. The first kappa shape index (κ1) is 17.7. The highest BCUT2D eigenvalue weighted by Crippen LogP contribution is 2.58. The van der Waals surface area contributed by atoms with Crippen LogP contribution in [0.2, 0.25) is 0 Å². The fraction of sp³-hybridized carbons (Fsp3) is 0.316. The van der Waals surface area contributed by atoms with Crippen molar-refractivity contribution in [2.24, 2.45) is 17.3 Å². The summed E-state index contributed by atoms with van der Waals surface area (Å²) in [5.74, 6) is -2.11. The molecule has 136 valence electrons. The van der Waals surface area contributed by atoms with Gasteiger partial charge in [-0.2, -0.15) is 0 Å². The van der Waals surface area contributed by atoms with Crippen molar-refractivity contribution in [1.29, 1.82) is 0 Å². The van der Waals surface area contributed by atoms with Crippen molar-refractivity contribution in [3.8, 4) is 0 Å². The Morgan fingerprint density at radius 1 is 1.12 bits per heavy atom. The second kappa shape index (κ2) is 6.67. The third-order valence-corrected chi connectivity index (χ3v) is 4.79. The Hall–Kier alpha value is -3.09. The van der Waals surface area contributed by atoms with E-state index in [1.54, 1.807) is 50.2 Å². The Morgan fingerprint density at radius 3 is 2.35 bits per heavy atom. The number of carbonyl (C=O) groups is 3. The average molecular weight is 356 g/mol. The minimum Gasteiger partial charge on any atom is -0.481 e. The molecule has 3 rings (SSSR count). The van der Waals surface area contributed by atoms with Gasteiger partial charge < -0.3 is 20.2 Å². The van der Waals surface area contributed by atoms with E-state index in [-0.39, 0.29) is 18.4 Å². The molecular formula is C19H20N2O5. The lowest BCUT2D eigenvalue weighted by molar-refractivity contribution is -0.140. The summed E-state index contributed by atoms with van der Waals surface area (Å²) < 4.78 is 5.15. The molecule has 0 radical (unpaired) electrons. The molecule has 0 spiro atoms. The number of rotatable bonds is 6. The maximum Gasteiger partial charge on any atom is 0.307 e. The molecule has 1 heterocycles. The molecule has 0 saturated heterocycles. The van der Waals surface area contributed by atoms with Crippen LogP contribution in [0.4, 0.5) is 5.69 Å². The third kappa shape index (κ3) is 3.46. The molecule has 1 fully saturated rings. The van der Waals surface area contributed by atoms with Crippen molar-refractivity contribution >= 4 is 23.5 Å². The minimum atomic E-state index is -0.960. The highest BCUT2D eigenvalue weighted by atomic mass is 16.4. The van der Waals surface area contributed by atoms with E-state index in [0.29, 0.717) is 17.0 Å². The zero-order valence-corrected chi connectivity index (χ0v) is 14.5. The smallest absolute Gasteiger partial charge is 0.307 e. The molecule has 1 aromatic heterocycles. The van der Waals surface area contributed by atoms with Gasteiger partial charge in [-0.1, -0.05) is 13.8 Å². The van der Waals surface area contributed by atoms with Gasteiger partial charge in [0.25, 0.3) is 5.91 Å². The quantitative estimate of drug-likeness (QED) is 0.737. The molecule has 1 aromatic carbocycles. The third-order valence-electron chi connectivity index (χ3n) is 4.79. The lowest BCUT2D eigenvalue weighted by atomic mass is 10.1. The van der Waals surface area contributed by atoms with Crippen molar-refractivity contribution in [1.82, 2.24) is 5.32 Å². The summed E-state index contributed by atoms with van der Waals surface area (Å²) in [6, 6.07) is 9.94. The molecule has 1 saturated carbocycles. The van der Waals surface area contributed by atoms with Crippen molar-refractivity contribution in [3.05, 3.63) is 54.0 Å². The number of anilines is 1. The number of aliphatic carboxylic acids is 1. The molecule has 7 nitrogen and oxygen atoms in total. The molecule has 1 aliphatic rings. The minimum absolute atomic E-state index is 0.256. The van der Waals surface area contributed by atoms with Crippen LogP contribution in [0, 0.1) is 17.3 Å². The van der Waals surface area contributed by atoms with E-state index < -0.39 is 23.2 Å². The predicted octanol–water partition coefficient (Wildman–Crippen LogP) is 2.50. The highest BCUT2D eigenvalue weighted by molar-refractivity contribution is 6.00. The second-order valence-corrected chi connectivity index (χ2v) is 6.94. The molecule has 0 bridgehead atoms. The van der Waals surface area contributed by atoms with Gasteiger partial charge in [-0.3, -0.25) is 14.4 Å². The Labute approximate surface area is 150 Å². The van der Waals surface area contributed by atoms with Crippen LogP contribution >= 0.6 is 0 Å². The second-order valence-electron chi connectivity index (χ2n) is 6.94. The summed E-state index contributed by atoms with van der Waals surface area (Å²) in [4.78, 5) is 35.6. The van der Waals surface area contributed by atoms with Crippen molar-refractivity contribution in [2.75, 3.05) is 5.32 Å². The van der Waals surface area contributed by atoms with E-state index in [4.69, 9.17) is 9.52 Å². The summed E-state index contributed by atoms with van der Waals surface area (Å²) in [6.45, 7) is 3.82. The summed E-state index contributed by atoms with van der Waals surface area (Å²) in [5, 5.41) is 14.6. The number of carboxylic acids is 1. The van der Waals surface area contributed by atoms with Crippen LogP contribution in [0.5, 0.6) is 0 Å². The first-order valence-corrected chi connectivity index (χ1v) is 8.25. The molecule has 3 N–H and O–H groups in total. The van der Waals surface area contributed by atoms with Gasteiger partial charge in [-0.15, -0.1) is 0 Å². The molecule has 7 heteroatoms. The monoisotopic (exact) mass is 356 g/mol. The topological polar surface area (TPSA) is 109 Å². The van der Waals surface area contributed by atoms with Crippen LogP contribution in [0.3, 0.4) is 0 Å². The molecule has 2 amide bonds. The van der Waals surface area contributed by atoms with Crippen LogP contribution in [-0.2, 0) is 16.1 Å². The molecule has 1 aliphatic carbocycles. The Bertz CT molecular complexity index is 824. The zero-order valence-electron chi connectivity index (χ0n) is 14.5. The summed E-state index contributed by atoms with van der Waals surface area (Å²) in [5.41, 5.74) is 0.413. The number of carbonyl (C=O) groups excluding carboxylic acids is 2. The maximum absolute atomic E-state index is 12.3. The Balaban J connectivity index is 1.57. The van der Waals surface area contributed by atoms with Crippen LogP contribution in [0.25, 0.3) is 0 Å². The zero-order chi connectivity index (χ0) is 18.9. The summed E-state index contributed by atoms with van der Waals surface area (Å²) >= 11 is 0. The molecular weight excluding hydrogens is 336 g/mol. The van der Waals surface area contributed by atoms with Gasteiger partial charge in [0.05, 0.1) is 24.6 Å². The normalized spacial score (nSPS) is 20.2. The van der Waals surface area contributed by atoms with Crippen LogP contribution < -0.4 is 10.6 Å². The van der Waals surface area contributed by atoms with Gasteiger partial charge in [0.1, 0.15) is 5.76 Å². The number of carboxylic acid groups (broad SMARTS) is 1. The first-order valence-electron chi connectivity index (χ1n) is 8.25. The van der Waals surface area contributed by atoms with E-state index in [1.165, 1.54) is 6.26 Å². The highest BCUT2D eigenvalue weighted by Gasteiger charge is 2.65. The van der Waals surface area contributed by atoms with Crippen molar-refractivity contribution in [3.63, 3.8) is 0 Å². The van der Waals surface area contributed by atoms with E-state index in [1.807, 2.05) is 0 Å². The molecule has 0 aliphatic heterocycles. The Morgan fingerprint density at radius 2 is 1.81 bits per heavy atom. The van der Waals surface area contributed by atoms with Gasteiger partial charge in [0.15, 0.2) is 0 Å². The fourth-order valence-corrected chi connectivity index (χ4v) is 3.20. The van der Waals surface area contributed by atoms with Gasteiger partial charge in [0, 0.05) is 11.3 Å². The van der Waals surface area contributed by atoms with Crippen LogP contribution in [0.15, 0.2) is 47.1 Å². The lowest BCUT2D eigenvalue weighted by Crippen LogP contribution is -2.22. The number of nitrogens with one attached hydrogen (secondary N) is 2. The standard InChI is InChI=1S/C19H20N2O5/c1-19(2)14(15(19)18(24)25)17(23)21-12-7-5-11(6-8-12)16(22)20-10-13-4-3-9-26-13/h3-9,14-15H,10H2,1-2H3,(H,20,22)(H,21,23)(H,24,25)/t14-,15+/m1/s1. The maximum atomic E-state index is 12.3. The van der Waals surface area contributed by atoms with Crippen molar-refractivity contribution < 1.29 is 23.9 Å². The van der Waals surface area contributed by atoms with Crippen LogP contribution in [-0.4, -0.2) is 22.9 Å². The fourth-order valence-electron chi connectivity index (χ4n) is 3.20. The number of hydrogen-bond donors (Lipinski definition) is 3. The molecule has 2 aromatic rings. The van der Waals surface area contributed by atoms with Gasteiger partial charge >= 0.3 is 5.97 Å². The van der Waals surface area contributed by atoms with Gasteiger partial charge in [-0.05, 0) is 41.8 Å². The van der Waals surface area contributed by atoms with E-state index in [0.717, 1.165) is 0 Å². The summed E-state index contributed by atoms with van der Waals surface area (Å²) in [6.07, 6.45) is 1.54. The molecule has 2 atom stereocenters. The first-order chi connectivity index (χ1) is 12.3. The molecule has 0 unspecified atom stereocenters. The number of hydrogen-bond acceptors (Lipinski definition) is 4. The lowest BCUT2D eigenvalue weighted by Gasteiger charge is -2.08. The molecule has 26 heavy (non-hydrogen) atoms. The van der Waals surface area contributed by atoms with E-state index >= 15 is 0 Å². The SMILES string of the molecule is CC1(C)[C@H](C(=O)O)[C@@H]1C(=O)Nc1ccc(C(=O)NCc2ccco2)cc1. The van der Waals surface area contributed by atoms with E-state index in [9.17, 15) is 14.4 Å². The number of amides is 2.